The minimum absolute atomic E-state index is 0.107. The zero-order valence-corrected chi connectivity index (χ0v) is 19.8. The molecule has 0 fully saturated rings. The number of carbonyl (C=O) groups excluding carboxylic acids is 1. The van der Waals surface area contributed by atoms with Gasteiger partial charge in [-0.25, -0.2) is 8.42 Å². The monoisotopic (exact) mass is 500 g/mol. The lowest BCUT2D eigenvalue weighted by molar-refractivity contribution is -0.116. The van der Waals surface area contributed by atoms with Gasteiger partial charge in [0.15, 0.2) is 0 Å². The summed E-state index contributed by atoms with van der Waals surface area (Å²) in [5, 5.41) is 11.9. The number of halogens is 2. The second-order valence-corrected chi connectivity index (χ2v) is 10.1. The molecule has 0 aliphatic heterocycles. The molecule has 0 spiro atoms. The van der Waals surface area contributed by atoms with Crippen LogP contribution in [0.25, 0.3) is 10.6 Å². The topological polar surface area (TPSA) is 101 Å². The molecule has 164 valence electrons. The van der Waals surface area contributed by atoms with Crippen molar-refractivity contribution in [2.45, 2.75) is 13.0 Å². The Hall–Kier alpha value is -2.40. The molecule has 8 nitrogen and oxygen atoms in total. The van der Waals surface area contributed by atoms with Crippen molar-refractivity contribution in [3.05, 3.63) is 52.5 Å². The molecule has 0 aliphatic carbocycles. The molecule has 1 N–H and O–H groups in total. The number of ether oxygens (including phenoxy) is 1. The number of rotatable bonds is 7. The maximum Gasteiger partial charge on any atom is 0.249 e. The summed E-state index contributed by atoms with van der Waals surface area (Å²) in [5.41, 5.74) is 0.908. The van der Waals surface area contributed by atoms with Crippen molar-refractivity contribution in [2.75, 3.05) is 23.0 Å². The van der Waals surface area contributed by atoms with Crippen molar-refractivity contribution >= 4 is 61.3 Å². The van der Waals surface area contributed by atoms with E-state index in [2.05, 4.69) is 15.5 Å². The van der Waals surface area contributed by atoms with E-state index in [4.69, 9.17) is 27.9 Å². The third-order valence-electron chi connectivity index (χ3n) is 4.23. The summed E-state index contributed by atoms with van der Waals surface area (Å²) in [6, 6.07) is 10.5. The van der Waals surface area contributed by atoms with Crippen LogP contribution >= 0.6 is 34.5 Å². The minimum Gasteiger partial charge on any atom is -0.497 e. The molecule has 1 heterocycles. The molecule has 0 radical (unpaired) electrons. The Morgan fingerprint density at radius 3 is 2.45 bits per heavy atom. The molecule has 0 aliphatic rings. The van der Waals surface area contributed by atoms with E-state index in [1.54, 1.807) is 19.2 Å². The van der Waals surface area contributed by atoms with Gasteiger partial charge in [0, 0.05) is 10.6 Å². The number of sulfonamides is 1. The lowest BCUT2D eigenvalue weighted by atomic mass is 10.2. The summed E-state index contributed by atoms with van der Waals surface area (Å²) in [6.45, 7) is 1.44. The number of nitrogens with one attached hydrogen (secondary N) is 1. The third kappa shape index (κ3) is 5.45. The van der Waals surface area contributed by atoms with Crippen LogP contribution in [0.4, 0.5) is 10.8 Å². The largest absolute Gasteiger partial charge is 0.497 e. The van der Waals surface area contributed by atoms with E-state index in [1.165, 1.54) is 25.1 Å². The SMILES string of the molecule is COc1ccc(-c2nnc(NC(=O)[C@H](C)N(c3cc(Cl)ccc3Cl)S(C)(=O)=O)s2)cc1. The number of carbonyl (C=O) groups is 1. The van der Waals surface area contributed by atoms with E-state index < -0.39 is 22.0 Å². The number of benzene rings is 2. The summed E-state index contributed by atoms with van der Waals surface area (Å²) in [6.07, 6.45) is 0.987. The summed E-state index contributed by atoms with van der Waals surface area (Å²) < 4.78 is 30.9. The number of anilines is 2. The predicted octanol–water partition coefficient (Wildman–Crippen LogP) is 4.31. The van der Waals surface area contributed by atoms with Crippen molar-refractivity contribution in [2.24, 2.45) is 0 Å². The van der Waals surface area contributed by atoms with Crippen LogP contribution in [-0.2, 0) is 14.8 Å². The first kappa shape index (κ1) is 23.3. The van der Waals surface area contributed by atoms with Gasteiger partial charge in [-0.15, -0.1) is 10.2 Å². The van der Waals surface area contributed by atoms with Gasteiger partial charge in [0.1, 0.15) is 16.8 Å². The molecule has 12 heteroatoms. The second kappa shape index (κ2) is 9.39. The molecular weight excluding hydrogens is 483 g/mol. The third-order valence-corrected chi connectivity index (χ3v) is 6.90. The van der Waals surface area contributed by atoms with Gasteiger partial charge in [0.25, 0.3) is 0 Å². The van der Waals surface area contributed by atoms with Gasteiger partial charge in [-0.2, -0.15) is 0 Å². The van der Waals surface area contributed by atoms with E-state index >= 15 is 0 Å². The molecule has 1 aromatic heterocycles. The van der Waals surface area contributed by atoms with Crippen LogP contribution < -0.4 is 14.4 Å². The molecule has 0 saturated carbocycles. The maximum atomic E-state index is 12.8. The number of hydrogen-bond acceptors (Lipinski definition) is 7. The summed E-state index contributed by atoms with van der Waals surface area (Å²) in [5.74, 6) is 0.107. The molecule has 2 aromatic carbocycles. The van der Waals surface area contributed by atoms with E-state index in [0.717, 1.165) is 27.5 Å². The molecule has 3 rings (SSSR count). The lowest BCUT2D eigenvalue weighted by Gasteiger charge is -2.28. The number of hydrogen-bond donors (Lipinski definition) is 1. The number of nitrogens with zero attached hydrogens (tertiary/aromatic N) is 3. The Bertz CT molecular complexity index is 1200. The van der Waals surface area contributed by atoms with Gasteiger partial charge in [0.05, 0.1) is 24.1 Å². The first-order valence-electron chi connectivity index (χ1n) is 8.83. The van der Waals surface area contributed by atoms with Crippen LogP contribution in [0.15, 0.2) is 42.5 Å². The molecular formula is C19H18Cl2N4O4S2. The van der Waals surface area contributed by atoms with Crippen molar-refractivity contribution < 1.29 is 17.9 Å². The number of aromatic nitrogens is 2. The van der Waals surface area contributed by atoms with Crippen LogP contribution in [0.1, 0.15) is 6.92 Å². The average Bonchev–Trinajstić information content (AvgIpc) is 3.18. The Labute approximate surface area is 193 Å². The van der Waals surface area contributed by atoms with E-state index in [9.17, 15) is 13.2 Å². The fourth-order valence-electron chi connectivity index (χ4n) is 2.77. The van der Waals surface area contributed by atoms with Crippen molar-refractivity contribution in [1.29, 1.82) is 0 Å². The molecule has 31 heavy (non-hydrogen) atoms. The van der Waals surface area contributed by atoms with E-state index in [-0.39, 0.29) is 20.9 Å². The van der Waals surface area contributed by atoms with Crippen molar-refractivity contribution in [3.8, 4) is 16.3 Å². The van der Waals surface area contributed by atoms with Crippen LogP contribution in [0, 0.1) is 0 Å². The van der Waals surface area contributed by atoms with Gasteiger partial charge in [0.2, 0.25) is 21.1 Å². The van der Waals surface area contributed by atoms with Crippen LogP contribution in [0.5, 0.6) is 5.75 Å². The second-order valence-electron chi connectivity index (χ2n) is 6.46. The zero-order chi connectivity index (χ0) is 22.8. The maximum absolute atomic E-state index is 12.8. The van der Waals surface area contributed by atoms with Crippen LogP contribution in [-0.4, -0.2) is 43.9 Å². The van der Waals surface area contributed by atoms with Crippen LogP contribution in [0.3, 0.4) is 0 Å². The van der Waals surface area contributed by atoms with Gasteiger partial charge in [-0.1, -0.05) is 34.5 Å². The molecule has 3 aromatic rings. The summed E-state index contributed by atoms with van der Waals surface area (Å²) >= 11 is 13.3. The molecule has 1 atom stereocenters. The Kier molecular flexibility index (Phi) is 7.05. The normalized spacial score (nSPS) is 12.3. The fraction of sp³-hybridized carbons (Fsp3) is 0.211. The number of amides is 1. The van der Waals surface area contributed by atoms with Gasteiger partial charge >= 0.3 is 0 Å². The minimum atomic E-state index is -3.85. The Morgan fingerprint density at radius 2 is 1.84 bits per heavy atom. The van der Waals surface area contributed by atoms with Crippen LogP contribution in [0.2, 0.25) is 10.0 Å². The smallest absolute Gasteiger partial charge is 0.249 e. The van der Waals surface area contributed by atoms with Gasteiger partial charge < -0.3 is 4.74 Å². The molecule has 0 unspecified atom stereocenters. The Balaban J connectivity index is 1.83. The van der Waals surface area contributed by atoms with Crippen molar-refractivity contribution in [3.63, 3.8) is 0 Å². The first-order valence-corrected chi connectivity index (χ1v) is 12.3. The molecule has 0 bridgehead atoms. The summed E-state index contributed by atoms with van der Waals surface area (Å²) in [7, 11) is -2.28. The summed E-state index contributed by atoms with van der Waals surface area (Å²) in [4.78, 5) is 12.8. The standard InChI is InChI=1S/C19H18Cl2N4O4S2/c1-11(25(31(3,27)28)16-10-13(20)6-9-15(16)21)17(26)22-19-24-23-18(30-19)12-4-7-14(29-2)8-5-12/h4-11H,1-3H3,(H,22,24,26)/t11-/m0/s1. The predicted molar refractivity (Wildman–Crippen MR) is 124 cm³/mol. The molecule has 0 saturated heterocycles. The fourth-order valence-corrected chi connectivity index (χ4v) is 5.13. The highest BCUT2D eigenvalue weighted by molar-refractivity contribution is 7.92. The quantitative estimate of drug-likeness (QED) is 0.518. The highest BCUT2D eigenvalue weighted by Crippen LogP contribution is 2.33. The average molecular weight is 501 g/mol. The zero-order valence-electron chi connectivity index (χ0n) is 16.7. The lowest BCUT2D eigenvalue weighted by Crippen LogP contribution is -2.45. The van der Waals surface area contributed by atoms with Gasteiger partial charge in [-0.05, 0) is 49.4 Å². The highest BCUT2D eigenvalue weighted by atomic mass is 35.5. The van der Waals surface area contributed by atoms with E-state index in [1.807, 2.05) is 12.1 Å². The Morgan fingerprint density at radius 1 is 1.16 bits per heavy atom. The number of methoxy groups -OCH3 is 1. The molecule has 1 amide bonds. The highest BCUT2D eigenvalue weighted by Gasteiger charge is 2.31. The first-order chi connectivity index (χ1) is 14.6. The van der Waals surface area contributed by atoms with E-state index in [0.29, 0.717) is 10.8 Å². The van der Waals surface area contributed by atoms with Crippen molar-refractivity contribution in [1.82, 2.24) is 10.2 Å². The van der Waals surface area contributed by atoms with Gasteiger partial charge in [-0.3, -0.25) is 14.4 Å².